The van der Waals surface area contributed by atoms with E-state index in [2.05, 4.69) is 5.32 Å². The average Bonchev–Trinajstić information content (AvgIpc) is 2.54. The Bertz CT molecular complexity index is 763. The molecule has 0 radical (unpaired) electrons. The van der Waals surface area contributed by atoms with E-state index in [-0.39, 0.29) is 18.1 Å². The van der Waals surface area contributed by atoms with E-state index in [0.29, 0.717) is 11.3 Å². The van der Waals surface area contributed by atoms with E-state index in [4.69, 9.17) is 27.2 Å². The van der Waals surface area contributed by atoms with Crippen LogP contribution in [-0.4, -0.2) is 17.2 Å². The van der Waals surface area contributed by atoms with Crippen molar-refractivity contribution < 1.29 is 19.4 Å². The van der Waals surface area contributed by atoms with E-state index in [1.165, 1.54) is 0 Å². The van der Waals surface area contributed by atoms with Gasteiger partial charge in [0, 0.05) is 0 Å². The number of carboxylic acid groups (broad SMARTS) is 1. The standard InChI is InChI=1S/C18H19ClN2O4/c1-18(20,10-15(22)23)13-8-5-9-14(16(13)19)21-17(24)25-11-12-6-3-2-4-7-12/h2-9H,10-11,20H2,1H3,(H,21,24)(H,22,23). The maximum Gasteiger partial charge on any atom is 0.412 e. The number of hydrogen-bond acceptors (Lipinski definition) is 4. The fourth-order valence-corrected chi connectivity index (χ4v) is 2.74. The molecule has 2 aromatic carbocycles. The summed E-state index contributed by atoms with van der Waals surface area (Å²) in [6.45, 7) is 1.69. The van der Waals surface area contributed by atoms with Crippen molar-refractivity contribution in [3.05, 3.63) is 64.7 Å². The van der Waals surface area contributed by atoms with E-state index >= 15 is 0 Å². The Morgan fingerprint density at radius 1 is 1.20 bits per heavy atom. The Kier molecular flexibility index (Phi) is 6.01. The van der Waals surface area contributed by atoms with Crippen LogP contribution in [0.3, 0.4) is 0 Å². The molecule has 0 aliphatic rings. The molecule has 1 unspecified atom stereocenters. The number of anilines is 1. The van der Waals surface area contributed by atoms with Gasteiger partial charge in [-0.3, -0.25) is 10.1 Å². The fourth-order valence-electron chi connectivity index (χ4n) is 2.35. The molecule has 4 N–H and O–H groups in total. The van der Waals surface area contributed by atoms with Gasteiger partial charge < -0.3 is 15.6 Å². The lowest BCUT2D eigenvalue weighted by atomic mass is 9.89. The van der Waals surface area contributed by atoms with E-state index in [1.807, 2.05) is 30.3 Å². The Morgan fingerprint density at radius 3 is 2.52 bits per heavy atom. The summed E-state index contributed by atoms with van der Waals surface area (Å²) in [7, 11) is 0. The van der Waals surface area contributed by atoms with E-state index in [0.717, 1.165) is 5.56 Å². The van der Waals surface area contributed by atoms with Gasteiger partial charge in [-0.1, -0.05) is 54.1 Å². The maximum absolute atomic E-state index is 12.0. The number of ether oxygens (including phenoxy) is 1. The minimum atomic E-state index is -1.17. The summed E-state index contributed by atoms with van der Waals surface area (Å²) >= 11 is 6.29. The van der Waals surface area contributed by atoms with Gasteiger partial charge >= 0.3 is 12.1 Å². The SMILES string of the molecule is CC(N)(CC(=O)O)c1cccc(NC(=O)OCc2ccccc2)c1Cl. The number of halogens is 1. The van der Waals surface area contributed by atoms with Crippen LogP contribution in [0.4, 0.5) is 10.5 Å². The van der Waals surface area contributed by atoms with Crippen LogP contribution in [0.2, 0.25) is 5.02 Å². The number of carbonyl (C=O) groups is 2. The van der Waals surface area contributed by atoms with Crippen LogP contribution in [0.25, 0.3) is 0 Å². The minimum absolute atomic E-state index is 0.123. The van der Waals surface area contributed by atoms with Crippen molar-refractivity contribution in [2.45, 2.75) is 25.5 Å². The summed E-state index contributed by atoms with van der Waals surface area (Å²) < 4.78 is 5.14. The monoisotopic (exact) mass is 362 g/mol. The van der Waals surface area contributed by atoms with Crippen LogP contribution in [0.5, 0.6) is 0 Å². The van der Waals surface area contributed by atoms with Crippen LogP contribution < -0.4 is 11.1 Å². The smallest absolute Gasteiger partial charge is 0.412 e. The molecule has 2 aromatic rings. The molecule has 2 rings (SSSR count). The molecule has 1 amide bonds. The molecule has 0 saturated heterocycles. The molecule has 0 aromatic heterocycles. The molecule has 132 valence electrons. The molecule has 0 heterocycles. The van der Waals surface area contributed by atoms with Crippen molar-refractivity contribution in [3.8, 4) is 0 Å². The molecule has 25 heavy (non-hydrogen) atoms. The molecule has 0 saturated carbocycles. The highest BCUT2D eigenvalue weighted by Crippen LogP contribution is 2.34. The van der Waals surface area contributed by atoms with Crippen LogP contribution in [0, 0.1) is 0 Å². The molecule has 0 fully saturated rings. The lowest BCUT2D eigenvalue weighted by molar-refractivity contribution is -0.138. The Labute approximate surface area is 150 Å². The summed E-state index contributed by atoms with van der Waals surface area (Å²) in [5, 5.41) is 11.7. The van der Waals surface area contributed by atoms with Crippen LogP contribution in [-0.2, 0) is 21.7 Å². The average molecular weight is 363 g/mol. The second-order valence-corrected chi connectivity index (χ2v) is 6.22. The second kappa shape index (κ2) is 8.00. The Balaban J connectivity index is 2.08. The van der Waals surface area contributed by atoms with Gasteiger partial charge in [-0.05, 0) is 24.1 Å². The van der Waals surface area contributed by atoms with Crippen molar-refractivity contribution in [2.24, 2.45) is 5.73 Å². The highest BCUT2D eigenvalue weighted by atomic mass is 35.5. The predicted molar refractivity (Wildman–Crippen MR) is 95.5 cm³/mol. The van der Waals surface area contributed by atoms with Crippen LogP contribution in [0.15, 0.2) is 48.5 Å². The first-order valence-corrected chi connectivity index (χ1v) is 7.95. The third-order valence-electron chi connectivity index (χ3n) is 3.58. The lowest BCUT2D eigenvalue weighted by Gasteiger charge is -2.25. The number of nitrogens with two attached hydrogens (primary N) is 1. The number of nitrogens with one attached hydrogen (secondary N) is 1. The maximum atomic E-state index is 12.0. The number of aliphatic carboxylic acids is 1. The first kappa shape index (κ1) is 18.8. The van der Waals surface area contributed by atoms with Crippen molar-refractivity contribution in [3.63, 3.8) is 0 Å². The zero-order valence-corrected chi connectivity index (χ0v) is 14.4. The predicted octanol–water partition coefficient (Wildman–Crippen LogP) is 3.74. The number of carbonyl (C=O) groups excluding carboxylic acids is 1. The number of hydrogen-bond donors (Lipinski definition) is 3. The first-order chi connectivity index (χ1) is 11.8. The normalized spacial score (nSPS) is 12.9. The summed E-state index contributed by atoms with van der Waals surface area (Å²) in [5.74, 6) is -1.04. The number of rotatable bonds is 6. The van der Waals surface area contributed by atoms with Gasteiger partial charge in [0.2, 0.25) is 0 Å². The highest BCUT2D eigenvalue weighted by Gasteiger charge is 2.28. The van der Waals surface area contributed by atoms with E-state index < -0.39 is 17.6 Å². The van der Waals surface area contributed by atoms with E-state index in [1.54, 1.807) is 25.1 Å². The van der Waals surface area contributed by atoms with Gasteiger partial charge in [0.05, 0.1) is 22.7 Å². The number of amides is 1. The van der Waals surface area contributed by atoms with Gasteiger partial charge in [-0.2, -0.15) is 0 Å². The van der Waals surface area contributed by atoms with Gasteiger partial charge in [0.15, 0.2) is 0 Å². The topological polar surface area (TPSA) is 102 Å². The molecular weight excluding hydrogens is 344 g/mol. The van der Waals surface area contributed by atoms with E-state index in [9.17, 15) is 9.59 Å². The van der Waals surface area contributed by atoms with Crippen molar-refractivity contribution in [1.29, 1.82) is 0 Å². The third kappa shape index (κ3) is 5.20. The van der Waals surface area contributed by atoms with Gasteiger partial charge in [0.25, 0.3) is 0 Å². The largest absolute Gasteiger partial charge is 0.481 e. The second-order valence-electron chi connectivity index (χ2n) is 5.84. The van der Waals surface area contributed by atoms with Crippen molar-refractivity contribution in [2.75, 3.05) is 5.32 Å². The van der Waals surface area contributed by atoms with Gasteiger partial charge in [-0.15, -0.1) is 0 Å². The molecule has 0 spiro atoms. The first-order valence-electron chi connectivity index (χ1n) is 7.57. The third-order valence-corrected chi connectivity index (χ3v) is 3.99. The lowest BCUT2D eigenvalue weighted by Crippen LogP contribution is -2.36. The fraction of sp³-hybridized carbons (Fsp3) is 0.222. The zero-order valence-electron chi connectivity index (χ0n) is 13.7. The molecule has 6 nitrogen and oxygen atoms in total. The Morgan fingerprint density at radius 2 is 1.88 bits per heavy atom. The quantitative estimate of drug-likeness (QED) is 0.726. The van der Waals surface area contributed by atoms with Crippen molar-refractivity contribution >= 4 is 29.4 Å². The summed E-state index contributed by atoms with van der Waals surface area (Å²) in [4.78, 5) is 22.9. The number of carboxylic acids is 1. The summed E-state index contributed by atoms with van der Waals surface area (Å²) in [5.41, 5.74) is 6.48. The summed E-state index contributed by atoms with van der Waals surface area (Å²) in [6, 6.07) is 14.1. The summed E-state index contributed by atoms with van der Waals surface area (Å²) in [6.07, 6.45) is -0.964. The molecular formula is C18H19ClN2O4. The van der Waals surface area contributed by atoms with Crippen LogP contribution >= 0.6 is 11.6 Å². The molecule has 0 aliphatic carbocycles. The highest BCUT2D eigenvalue weighted by molar-refractivity contribution is 6.34. The Hall–Kier alpha value is -2.57. The molecule has 0 aliphatic heterocycles. The van der Waals surface area contributed by atoms with Crippen LogP contribution in [0.1, 0.15) is 24.5 Å². The zero-order chi connectivity index (χ0) is 18.4. The minimum Gasteiger partial charge on any atom is -0.481 e. The molecule has 1 atom stereocenters. The number of benzene rings is 2. The van der Waals surface area contributed by atoms with Gasteiger partial charge in [0.1, 0.15) is 6.61 Å². The van der Waals surface area contributed by atoms with Gasteiger partial charge in [-0.25, -0.2) is 4.79 Å². The molecule has 0 bridgehead atoms. The van der Waals surface area contributed by atoms with Crippen molar-refractivity contribution in [1.82, 2.24) is 0 Å². The molecule has 7 heteroatoms.